The van der Waals surface area contributed by atoms with E-state index in [1.807, 2.05) is 24.3 Å². The van der Waals surface area contributed by atoms with E-state index in [1.54, 1.807) is 29.0 Å². The summed E-state index contributed by atoms with van der Waals surface area (Å²) < 4.78 is 46.0. The normalized spacial score (nSPS) is 17.4. The monoisotopic (exact) mass is 571 g/mol. The van der Waals surface area contributed by atoms with E-state index in [2.05, 4.69) is 5.32 Å². The van der Waals surface area contributed by atoms with Crippen LogP contribution in [0.1, 0.15) is 29.6 Å². The van der Waals surface area contributed by atoms with Crippen LogP contribution in [0.4, 0.5) is 0 Å². The predicted octanol–water partition coefficient (Wildman–Crippen LogP) is 2.47. The molecule has 2 atom stereocenters. The van der Waals surface area contributed by atoms with Crippen molar-refractivity contribution in [1.29, 1.82) is 0 Å². The van der Waals surface area contributed by atoms with Crippen molar-refractivity contribution in [1.82, 2.24) is 14.2 Å². The number of methoxy groups -OCH3 is 1. The predicted molar refractivity (Wildman–Crippen MR) is 147 cm³/mol. The summed E-state index contributed by atoms with van der Waals surface area (Å²) >= 11 is 0. The number of hydrogen-bond acceptors (Lipinski definition) is 8. The number of hydrogen-bond donors (Lipinski definition) is 2. The molecule has 2 aromatic carbocycles. The molecule has 214 valence electrons. The Morgan fingerprint density at radius 2 is 1.88 bits per heavy atom. The summed E-state index contributed by atoms with van der Waals surface area (Å²) in [7, 11) is -0.937. The van der Waals surface area contributed by atoms with Gasteiger partial charge in [0.1, 0.15) is 5.75 Å². The van der Waals surface area contributed by atoms with Crippen molar-refractivity contribution in [2.75, 3.05) is 40.5 Å². The maximum atomic E-state index is 13.2. The van der Waals surface area contributed by atoms with Crippen LogP contribution in [0.25, 0.3) is 10.9 Å². The van der Waals surface area contributed by atoms with E-state index in [-0.39, 0.29) is 48.8 Å². The molecule has 2 N–H and O–H groups in total. The van der Waals surface area contributed by atoms with Gasteiger partial charge in [0, 0.05) is 51.0 Å². The first-order valence-corrected chi connectivity index (χ1v) is 14.2. The van der Waals surface area contributed by atoms with Crippen LogP contribution in [0.3, 0.4) is 0 Å². The minimum atomic E-state index is -3.92. The van der Waals surface area contributed by atoms with Gasteiger partial charge in [0.2, 0.25) is 22.2 Å². The maximum absolute atomic E-state index is 13.2. The van der Waals surface area contributed by atoms with Crippen molar-refractivity contribution < 1.29 is 37.3 Å². The average Bonchev–Trinajstić information content (AvgIpc) is 3.36. The quantitative estimate of drug-likeness (QED) is 0.358. The topological polar surface area (TPSA) is 136 Å². The Balaban J connectivity index is 1.53. The van der Waals surface area contributed by atoms with Gasteiger partial charge in [-0.3, -0.25) is 14.2 Å². The molecule has 1 amide bonds. The molecule has 3 aromatic rings. The highest BCUT2D eigenvalue weighted by atomic mass is 32.2. The zero-order valence-corrected chi connectivity index (χ0v) is 23.4. The lowest BCUT2D eigenvalue weighted by Crippen LogP contribution is -2.38. The summed E-state index contributed by atoms with van der Waals surface area (Å²) in [6.07, 6.45) is 2.94. The number of amides is 1. The number of sulfonamides is 1. The highest BCUT2D eigenvalue weighted by Gasteiger charge is 2.31. The highest BCUT2D eigenvalue weighted by molar-refractivity contribution is 7.89. The first-order valence-electron chi connectivity index (χ1n) is 12.8. The Morgan fingerprint density at radius 3 is 2.52 bits per heavy atom. The Labute approximate surface area is 233 Å². The third-order valence-corrected chi connectivity index (χ3v) is 8.59. The zero-order chi connectivity index (χ0) is 28.9. The molecule has 0 radical (unpaired) electrons. The van der Waals surface area contributed by atoms with Gasteiger partial charge in [-0.15, -0.1) is 0 Å². The van der Waals surface area contributed by atoms with E-state index in [0.717, 1.165) is 20.8 Å². The summed E-state index contributed by atoms with van der Waals surface area (Å²) in [6.45, 7) is 0.877. The smallest absolute Gasteiger partial charge is 0.285 e. The molecule has 1 aliphatic rings. The van der Waals surface area contributed by atoms with Gasteiger partial charge in [-0.25, -0.2) is 8.42 Å². The Hall–Kier alpha value is -3.71. The van der Waals surface area contributed by atoms with Gasteiger partial charge >= 0.3 is 0 Å². The minimum absolute atomic E-state index is 0.0526. The molecule has 0 saturated heterocycles. The van der Waals surface area contributed by atoms with Gasteiger partial charge < -0.3 is 24.6 Å². The molecule has 0 fully saturated rings. The number of fused-ring (bicyclic) bond motifs is 1. The third kappa shape index (κ3) is 6.20. The highest BCUT2D eigenvalue weighted by Crippen LogP contribution is 2.36. The number of aliphatic hydroxyl groups is 1. The maximum Gasteiger partial charge on any atom is 0.285 e. The van der Waals surface area contributed by atoms with Crippen LogP contribution in [-0.4, -0.2) is 81.0 Å². The van der Waals surface area contributed by atoms with Crippen molar-refractivity contribution in [2.24, 2.45) is 0 Å². The molecule has 40 heavy (non-hydrogen) atoms. The van der Waals surface area contributed by atoms with E-state index in [9.17, 15) is 23.1 Å². The summed E-state index contributed by atoms with van der Waals surface area (Å²) in [6, 6.07) is 13.5. The van der Waals surface area contributed by atoms with E-state index in [1.165, 1.54) is 33.2 Å². The lowest BCUT2D eigenvalue weighted by molar-refractivity contribution is -0.146. The number of nitrogens with one attached hydrogen (secondary N) is 1. The molecule has 11 nitrogen and oxygen atoms in total. The lowest BCUT2D eigenvalue weighted by atomic mass is 9.92. The van der Waals surface area contributed by atoms with Crippen LogP contribution < -0.4 is 10.1 Å². The SMILES string of the molecule is CNC(=O)C1=C[C@@H](c2cn(C(C)=O)c3ccccc23)C[C@@H](OCCN(CCO)S(=O)(=O)c2ccc(OC)cc2)O1. The summed E-state index contributed by atoms with van der Waals surface area (Å²) in [4.78, 5) is 24.9. The molecule has 0 saturated carbocycles. The van der Waals surface area contributed by atoms with Crippen LogP contribution in [0.15, 0.2) is 71.5 Å². The van der Waals surface area contributed by atoms with Crippen molar-refractivity contribution in [3.63, 3.8) is 0 Å². The van der Waals surface area contributed by atoms with Gasteiger partial charge in [0.05, 0.1) is 30.7 Å². The van der Waals surface area contributed by atoms with Crippen molar-refractivity contribution in [3.05, 3.63) is 72.1 Å². The molecule has 2 heterocycles. The number of benzene rings is 2. The molecule has 4 rings (SSSR count). The first-order chi connectivity index (χ1) is 19.2. The van der Waals surface area contributed by atoms with Crippen LogP contribution in [-0.2, 0) is 24.3 Å². The molecule has 0 bridgehead atoms. The van der Waals surface area contributed by atoms with Crippen LogP contribution in [0.2, 0.25) is 0 Å². The van der Waals surface area contributed by atoms with E-state index in [4.69, 9.17) is 14.2 Å². The number of ether oxygens (including phenoxy) is 3. The second-order valence-corrected chi connectivity index (χ2v) is 11.1. The number of allylic oxidation sites excluding steroid dienone is 1. The van der Waals surface area contributed by atoms with E-state index in [0.29, 0.717) is 12.2 Å². The average molecular weight is 572 g/mol. The Morgan fingerprint density at radius 1 is 1.15 bits per heavy atom. The van der Waals surface area contributed by atoms with Gasteiger partial charge in [-0.1, -0.05) is 18.2 Å². The van der Waals surface area contributed by atoms with Crippen LogP contribution >= 0.6 is 0 Å². The van der Waals surface area contributed by atoms with Gasteiger partial charge in [-0.2, -0.15) is 4.31 Å². The number of carbonyl (C=O) groups excluding carboxylic acids is 2. The molecule has 1 aliphatic heterocycles. The fourth-order valence-corrected chi connectivity index (χ4v) is 6.08. The first kappa shape index (κ1) is 29.3. The van der Waals surface area contributed by atoms with Gasteiger partial charge in [0.15, 0.2) is 5.76 Å². The fourth-order valence-electron chi connectivity index (χ4n) is 4.67. The Kier molecular flexibility index (Phi) is 9.25. The number of aromatic nitrogens is 1. The van der Waals surface area contributed by atoms with Crippen molar-refractivity contribution >= 4 is 32.7 Å². The number of likely N-dealkylation sites (N-methyl/N-ethyl adjacent to an activating group) is 1. The van der Waals surface area contributed by atoms with E-state index < -0.39 is 22.2 Å². The second-order valence-electron chi connectivity index (χ2n) is 9.16. The summed E-state index contributed by atoms with van der Waals surface area (Å²) in [5, 5.41) is 12.9. The van der Waals surface area contributed by atoms with Crippen molar-refractivity contribution in [2.45, 2.75) is 30.4 Å². The molecule has 12 heteroatoms. The van der Waals surface area contributed by atoms with Gasteiger partial charge in [0.25, 0.3) is 5.91 Å². The largest absolute Gasteiger partial charge is 0.497 e. The van der Waals surface area contributed by atoms with Gasteiger partial charge in [-0.05, 0) is 42.0 Å². The van der Waals surface area contributed by atoms with Crippen LogP contribution in [0, 0.1) is 0 Å². The Bertz CT molecular complexity index is 1500. The second kappa shape index (κ2) is 12.6. The van der Waals surface area contributed by atoms with Crippen LogP contribution in [0.5, 0.6) is 5.75 Å². The number of rotatable bonds is 11. The molecule has 0 aliphatic carbocycles. The standard InChI is InChI=1S/C28H33N3O8S/c1-19(33)31-18-24(23-6-4-5-7-25(23)31)20-16-26(28(34)29-2)39-27(17-20)38-15-13-30(12-14-32)40(35,36)22-10-8-21(37-3)9-11-22/h4-11,16,18,20,27,32H,12-15,17H2,1-3H3,(H,29,34)/t20-,27+/m1/s1. The summed E-state index contributed by atoms with van der Waals surface area (Å²) in [5.41, 5.74) is 1.60. The van der Waals surface area contributed by atoms with Crippen molar-refractivity contribution in [3.8, 4) is 5.75 Å². The summed E-state index contributed by atoms with van der Waals surface area (Å²) in [5.74, 6) is -0.293. The lowest BCUT2D eigenvalue weighted by Gasteiger charge is -2.29. The third-order valence-electron chi connectivity index (χ3n) is 6.68. The molecular weight excluding hydrogens is 538 g/mol. The number of aliphatic hydroxyl groups excluding tert-OH is 1. The fraction of sp³-hybridized carbons (Fsp3) is 0.357. The molecular formula is C28H33N3O8S. The zero-order valence-electron chi connectivity index (χ0n) is 22.6. The number of nitrogens with zero attached hydrogens (tertiary/aromatic N) is 2. The molecule has 0 unspecified atom stereocenters. The number of carbonyl (C=O) groups is 2. The van der Waals surface area contributed by atoms with E-state index >= 15 is 0 Å². The molecule has 0 spiro atoms. The number of para-hydroxylation sites is 1. The minimum Gasteiger partial charge on any atom is -0.497 e. The molecule has 1 aromatic heterocycles.